The van der Waals surface area contributed by atoms with E-state index in [1.54, 1.807) is 12.4 Å². The number of halogens is 1. The number of piperidine rings is 1. The molecule has 0 spiro atoms. The second kappa shape index (κ2) is 4.90. The summed E-state index contributed by atoms with van der Waals surface area (Å²) in [6.07, 6.45) is 5.84. The molecule has 1 aliphatic heterocycles. The first kappa shape index (κ1) is 10.8. The molecule has 0 radical (unpaired) electrons. The summed E-state index contributed by atoms with van der Waals surface area (Å²) in [4.78, 5) is 10.8. The molecular weight excluding hydrogens is 256 g/mol. The number of hydrogen-bond acceptors (Lipinski definition) is 4. The summed E-state index contributed by atoms with van der Waals surface area (Å²) >= 11 is 3.27. The van der Waals surface area contributed by atoms with Crippen LogP contribution in [0.5, 0.6) is 0 Å². The lowest BCUT2D eigenvalue weighted by atomic mass is 10.1. The predicted octanol–water partition coefficient (Wildman–Crippen LogP) is 1.75. The van der Waals surface area contributed by atoms with Gasteiger partial charge in [0.05, 0.1) is 12.4 Å². The Morgan fingerprint density at radius 3 is 2.67 bits per heavy atom. The van der Waals surface area contributed by atoms with E-state index < -0.39 is 0 Å². The molecule has 1 aromatic heterocycles. The standard InChI is InChI=1S/C10H15BrN4/c1-15-4-2-8(3-5-15)14-10-7-12-9(11)6-13-10/h6-8H,2-5H2,1H3,(H,13,14). The average molecular weight is 271 g/mol. The van der Waals surface area contributed by atoms with Crippen LogP contribution >= 0.6 is 15.9 Å². The lowest BCUT2D eigenvalue weighted by Gasteiger charge is -2.29. The Bertz CT molecular complexity index is 306. The molecule has 0 saturated carbocycles. The van der Waals surface area contributed by atoms with Gasteiger partial charge in [-0.1, -0.05) is 0 Å². The number of hydrogen-bond donors (Lipinski definition) is 1. The molecule has 1 aliphatic rings. The fourth-order valence-electron chi connectivity index (χ4n) is 1.75. The maximum Gasteiger partial charge on any atom is 0.144 e. The van der Waals surface area contributed by atoms with E-state index in [4.69, 9.17) is 0 Å². The van der Waals surface area contributed by atoms with Gasteiger partial charge < -0.3 is 10.2 Å². The van der Waals surface area contributed by atoms with Crippen molar-refractivity contribution in [3.63, 3.8) is 0 Å². The fourth-order valence-corrected chi connectivity index (χ4v) is 1.95. The molecule has 0 unspecified atom stereocenters. The van der Waals surface area contributed by atoms with Crippen LogP contribution in [0.15, 0.2) is 17.0 Å². The monoisotopic (exact) mass is 270 g/mol. The molecule has 1 fully saturated rings. The molecule has 0 aromatic carbocycles. The topological polar surface area (TPSA) is 41.0 Å². The lowest BCUT2D eigenvalue weighted by Crippen LogP contribution is -2.36. The van der Waals surface area contributed by atoms with Crippen LogP contribution in [0.3, 0.4) is 0 Å². The Hall–Kier alpha value is -0.680. The molecule has 2 heterocycles. The van der Waals surface area contributed by atoms with E-state index in [1.165, 1.54) is 12.8 Å². The van der Waals surface area contributed by atoms with Crippen LogP contribution < -0.4 is 5.32 Å². The summed E-state index contributed by atoms with van der Waals surface area (Å²) in [5.74, 6) is 0.868. The van der Waals surface area contributed by atoms with E-state index in [-0.39, 0.29) is 0 Å². The molecule has 2 rings (SSSR count). The highest BCUT2D eigenvalue weighted by Crippen LogP contribution is 2.14. The number of rotatable bonds is 2. The van der Waals surface area contributed by atoms with Crippen LogP contribution in [-0.2, 0) is 0 Å². The third-order valence-electron chi connectivity index (χ3n) is 2.69. The maximum absolute atomic E-state index is 4.26. The minimum Gasteiger partial charge on any atom is -0.366 e. The van der Waals surface area contributed by atoms with E-state index in [0.29, 0.717) is 6.04 Å². The molecule has 5 heteroatoms. The third-order valence-corrected chi connectivity index (χ3v) is 3.10. The number of aromatic nitrogens is 2. The zero-order chi connectivity index (χ0) is 10.7. The number of nitrogens with zero attached hydrogens (tertiary/aromatic N) is 3. The van der Waals surface area contributed by atoms with Crippen LogP contribution in [0, 0.1) is 0 Å². The first-order valence-electron chi connectivity index (χ1n) is 5.16. The van der Waals surface area contributed by atoms with Gasteiger partial charge in [-0.25, -0.2) is 9.97 Å². The van der Waals surface area contributed by atoms with Crippen molar-refractivity contribution in [1.82, 2.24) is 14.9 Å². The molecule has 4 nitrogen and oxygen atoms in total. The van der Waals surface area contributed by atoms with Gasteiger partial charge in [-0.2, -0.15) is 0 Å². The van der Waals surface area contributed by atoms with Gasteiger partial charge in [-0.15, -0.1) is 0 Å². The van der Waals surface area contributed by atoms with E-state index in [2.05, 4.69) is 43.2 Å². The van der Waals surface area contributed by atoms with Crippen molar-refractivity contribution in [2.75, 3.05) is 25.5 Å². The predicted molar refractivity (Wildman–Crippen MR) is 63.9 cm³/mol. The average Bonchev–Trinajstić information content (AvgIpc) is 2.25. The molecule has 0 aliphatic carbocycles. The number of anilines is 1. The van der Waals surface area contributed by atoms with Gasteiger partial charge in [0, 0.05) is 6.04 Å². The summed E-state index contributed by atoms with van der Waals surface area (Å²) in [5, 5.41) is 3.41. The Balaban J connectivity index is 1.89. The van der Waals surface area contributed by atoms with Crippen LogP contribution in [-0.4, -0.2) is 41.0 Å². The van der Waals surface area contributed by atoms with Gasteiger partial charge in [0.15, 0.2) is 0 Å². The summed E-state index contributed by atoms with van der Waals surface area (Å²) in [6, 6.07) is 0.539. The van der Waals surface area contributed by atoms with Crippen molar-refractivity contribution in [3.8, 4) is 0 Å². The summed E-state index contributed by atoms with van der Waals surface area (Å²) in [7, 11) is 2.16. The van der Waals surface area contributed by atoms with Crippen molar-refractivity contribution in [2.24, 2.45) is 0 Å². The second-order valence-corrected chi connectivity index (χ2v) is 4.76. The third kappa shape index (κ3) is 3.14. The minimum atomic E-state index is 0.539. The highest BCUT2D eigenvalue weighted by atomic mass is 79.9. The van der Waals surface area contributed by atoms with Gasteiger partial charge in [0.1, 0.15) is 10.4 Å². The quantitative estimate of drug-likeness (QED) is 0.889. The fraction of sp³-hybridized carbons (Fsp3) is 0.600. The highest BCUT2D eigenvalue weighted by Gasteiger charge is 2.16. The van der Waals surface area contributed by atoms with Crippen molar-refractivity contribution >= 4 is 21.7 Å². The largest absolute Gasteiger partial charge is 0.366 e. The number of likely N-dealkylation sites (tertiary alicyclic amines) is 1. The lowest BCUT2D eigenvalue weighted by molar-refractivity contribution is 0.263. The Morgan fingerprint density at radius 2 is 2.07 bits per heavy atom. The minimum absolute atomic E-state index is 0.539. The van der Waals surface area contributed by atoms with E-state index in [9.17, 15) is 0 Å². The van der Waals surface area contributed by atoms with Crippen molar-refractivity contribution < 1.29 is 0 Å². The summed E-state index contributed by atoms with van der Waals surface area (Å²) in [5.41, 5.74) is 0. The van der Waals surface area contributed by atoms with Crippen LogP contribution in [0.2, 0.25) is 0 Å². The SMILES string of the molecule is CN1CCC(Nc2cnc(Br)cn2)CC1. The van der Waals surface area contributed by atoms with Crippen molar-refractivity contribution in [3.05, 3.63) is 17.0 Å². The highest BCUT2D eigenvalue weighted by molar-refractivity contribution is 9.10. The normalized spacial score (nSPS) is 19.1. The Kier molecular flexibility index (Phi) is 3.53. The molecule has 82 valence electrons. The van der Waals surface area contributed by atoms with Gasteiger partial charge in [-0.3, -0.25) is 0 Å². The first-order valence-corrected chi connectivity index (χ1v) is 5.96. The molecule has 0 bridgehead atoms. The van der Waals surface area contributed by atoms with Crippen LogP contribution in [0.1, 0.15) is 12.8 Å². The van der Waals surface area contributed by atoms with E-state index in [0.717, 1.165) is 23.5 Å². The zero-order valence-corrected chi connectivity index (χ0v) is 10.4. The molecule has 0 atom stereocenters. The van der Waals surface area contributed by atoms with Gasteiger partial charge in [-0.05, 0) is 48.9 Å². The maximum atomic E-state index is 4.26. The van der Waals surface area contributed by atoms with Crippen molar-refractivity contribution in [1.29, 1.82) is 0 Å². The smallest absolute Gasteiger partial charge is 0.144 e. The van der Waals surface area contributed by atoms with Crippen molar-refractivity contribution in [2.45, 2.75) is 18.9 Å². The van der Waals surface area contributed by atoms with Crippen LogP contribution in [0.4, 0.5) is 5.82 Å². The molecular formula is C10H15BrN4. The molecule has 1 aromatic rings. The Labute approximate surface area is 98.2 Å². The Morgan fingerprint density at radius 1 is 1.33 bits per heavy atom. The van der Waals surface area contributed by atoms with Gasteiger partial charge in [0.25, 0.3) is 0 Å². The van der Waals surface area contributed by atoms with Gasteiger partial charge >= 0.3 is 0 Å². The molecule has 0 amide bonds. The summed E-state index contributed by atoms with van der Waals surface area (Å²) in [6.45, 7) is 2.31. The molecule has 1 N–H and O–H groups in total. The van der Waals surface area contributed by atoms with E-state index in [1.807, 2.05) is 0 Å². The first-order chi connectivity index (χ1) is 7.24. The summed E-state index contributed by atoms with van der Waals surface area (Å²) < 4.78 is 0.774. The van der Waals surface area contributed by atoms with E-state index >= 15 is 0 Å². The second-order valence-electron chi connectivity index (χ2n) is 3.95. The van der Waals surface area contributed by atoms with Gasteiger partial charge in [0.2, 0.25) is 0 Å². The zero-order valence-electron chi connectivity index (χ0n) is 8.78. The molecule has 15 heavy (non-hydrogen) atoms. The molecule has 1 saturated heterocycles. The number of nitrogens with one attached hydrogen (secondary N) is 1. The van der Waals surface area contributed by atoms with Crippen LogP contribution in [0.25, 0.3) is 0 Å².